The molecule has 0 radical (unpaired) electrons. The van der Waals surface area contributed by atoms with E-state index in [1.54, 1.807) is 28.3 Å². The van der Waals surface area contributed by atoms with E-state index in [1.165, 1.54) is 34.8 Å². The van der Waals surface area contributed by atoms with Crippen molar-refractivity contribution in [1.29, 1.82) is 0 Å². The maximum atomic E-state index is 10.3. The quantitative estimate of drug-likeness (QED) is 0.0383. The van der Waals surface area contributed by atoms with Gasteiger partial charge < -0.3 is 93.2 Å². The van der Waals surface area contributed by atoms with Crippen LogP contribution < -0.4 is 0 Å². The molecule has 7 N–H and O–H groups in total. The summed E-state index contributed by atoms with van der Waals surface area (Å²) in [7, 11) is 21.5. The van der Waals surface area contributed by atoms with Crippen LogP contribution in [-0.2, 0) is 57.1 Å². The van der Waals surface area contributed by atoms with Gasteiger partial charge in [-0.2, -0.15) is 0 Å². The van der Waals surface area contributed by atoms with Crippen molar-refractivity contribution in [2.24, 2.45) is 0 Å². The Morgan fingerprint density at radius 1 is 0.369 bits per heavy atom. The SMILES string of the molecule is CC(=O)OCC(O)CN(C)C.CC(=O)OCC(O)COC(C)=O.CCC(C)O.CN(C)CC(O)CN(C)C.COCC(O)CN(C)C.COCC(O)COC.COCC(O)COC(C)=O. The Morgan fingerprint density at radius 3 is 0.738 bits per heavy atom. The molecule has 396 valence electrons. The third-order valence-corrected chi connectivity index (χ3v) is 6.25. The number of esters is 4. The van der Waals surface area contributed by atoms with Gasteiger partial charge in [0.1, 0.15) is 50.8 Å². The van der Waals surface area contributed by atoms with E-state index < -0.39 is 42.3 Å². The first-order valence-electron chi connectivity index (χ1n) is 20.8. The van der Waals surface area contributed by atoms with Crippen molar-refractivity contribution in [2.75, 3.05) is 164 Å². The standard InChI is InChI=1S/C7H18N2O.C7H15NO3.C7H12O5.C6H15NO2.C6H12O4.C5H12O3.C4H10O/c1-8(2)5-7(10)6-9(3)4;1-6(9)11-5-7(10)4-8(2)3;1-5(8)11-3-7(10)4-12-6(2)9;1-7(2)4-6(8)5-9-3;1-5(7)10-4-6(8)3-9-2;1-7-3-5(6)4-8-2;1-3-4(2)5/h7,10H,5-6H2,1-4H3;7,10H,4-5H2,1-3H3;7,10H,3-4H2,1-2H3;6,8H,4-5H2,1-3H3;6,8H,3-4H2,1-2H3;5-6H,3-4H2,1-2H3;4-5H,3H2,1-2H3. The van der Waals surface area contributed by atoms with Gasteiger partial charge in [-0.3, -0.25) is 19.2 Å². The number of hydrogen-bond acceptors (Lipinski definition) is 23. The monoisotopic (exact) mass is 959 g/mol. The first-order valence-corrected chi connectivity index (χ1v) is 20.8. The Balaban J connectivity index is -0.000000122. The van der Waals surface area contributed by atoms with Crippen molar-refractivity contribution in [1.82, 2.24) is 19.6 Å². The fourth-order valence-electron chi connectivity index (χ4n) is 3.62. The summed E-state index contributed by atoms with van der Waals surface area (Å²) in [4.78, 5) is 48.7. The molecule has 0 aromatic carbocycles. The number of likely N-dealkylation sites (N-methyl/N-ethyl adjacent to an activating group) is 4. The van der Waals surface area contributed by atoms with Crippen LogP contribution in [0.5, 0.6) is 0 Å². The van der Waals surface area contributed by atoms with Gasteiger partial charge >= 0.3 is 23.9 Å². The normalized spacial score (nSPS) is 12.2. The fraction of sp³-hybridized carbons (Fsp3) is 0.905. The second-order valence-corrected chi connectivity index (χ2v) is 15.3. The Labute approximate surface area is 390 Å². The molecule has 0 aromatic rings. The zero-order valence-electron chi connectivity index (χ0n) is 43.1. The van der Waals surface area contributed by atoms with Crippen LogP contribution >= 0.6 is 0 Å². The smallest absolute Gasteiger partial charge is 0.302 e. The minimum atomic E-state index is -0.946. The van der Waals surface area contributed by atoms with Crippen molar-refractivity contribution in [3.8, 4) is 0 Å². The minimum Gasteiger partial charge on any atom is -0.463 e. The molecule has 4 unspecified atom stereocenters. The Hall–Kier alpha value is -2.72. The first kappa shape index (κ1) is 76.5. The topological polar surface area (TPSA) is 297 Å². The van der Waals surface area contributed by atoms with Crippen molar-refractivity contribution < 1.29 is 92.8 Å². The van der Waals surface area contributed by atoms with Crippen LogP contribution in [0.1, 0.15) is 48.0 Å². The van der Waals surface area contributed by atoms with Crippen LogP contribution in [0.2, 0.25) is 0 Å². The summed E-state index contributed by atoms with van der Waals surface area (Å²) in [6.45, 7) is 12.5. The lowest BCUT2D eigenvalue weighted by Crippen LogP contribution is -2.34. The molecular weight excluding hydrogens is 864 g/mol. The van der Waals surface area contributed by atoms with E-state index in [-0.39, 0.29) is 57.3 Å². The van der Waals surface area contributed by atoms with Crippen molar-refractivity contribution in [3.63, 3.8) is 0 Å². The average Bonchev–Trinajstić information content (AvgIpc) is 3.15. The third kappa shape index (κ3) is 96.3. The van der Waals surface area contributed by atoms with Crippen LogP contribution in [0, 0.1) is 0 Å². The molecule has 4 atom stereocenters. The Kier molecular flexibility index (Phi) is 65.5. The predicted molar refractivity (Wildman–Crippen MR) is 246 cm³/mol. The average molecular weight is 959 g/mol. The Morgan fingerprint density at radius 2 is 0.538 bits per heavy atom. The van der Waals surface area contributed by atoms with Crippen LogP contribution in [-0.4, -0.2) is 286 Å². The van der Waals surface area contributed by atoms with Crippen molar-refractivity contribution >= 4 is 23.9 Å². The number of hydrogen-bond donors (Lipinski definition) is 7. The zero-order chi connectivity index (χ0) is 52.5. The van der Waals surface area contributed by atoms with Crippen molar-refractivity contribution in [3.05, 3.63) is 0 Å². The largest absolute Gasteiger partial charge is 0.463 e. The minimum absolute atomic E-state index is 0.00315. The van der Waals surface area contributed by atoms with Crippen molar-refractivity contribution in [2.45, 2.75) is 90.7 Å². The number of aliphatic hydroxyl groups excluding tert-OH is 7. The van der Waals surface area contributed by atoms with Gasteiger partial charge in [-0.25, -0.2) is 0 Å². The second-order valence-electron chi connectivity index (χ2n) is 15.3. The zero-order valence-corrected chi connectivity index (χ0v) is 43.1. The highest BCUT2D eigenvalue weighted by Gasteiger charge is 2.09. The molecule has 0 rings (SSSR count). The lowest BCUT2D eigenvalue weighted by molar-refractivity contribution is -0.149. The van der Waals surface area contributed by atoms with Gasteiger partial charge in [0.15, 0.2) is 0 Å². The maximum Gasteiger partial charge on any atom is 0.302 e. The van der Waals surface area contributed by atoms with Gasteiger partial charge in [-0.1, -0.05) is 6.92 Å². The van der Waals surface area contributed by atoms with E-state index in [1.807, 2.05) is 82.9 Å². The summed E-state index contributed by atoms with van der Waals surface area (Å²) in [6.07, 6.45) is -2.57. The van der Waals surface area contributed by atoms with Gasteiger partial charge in [0, 0.05) is 82.3 Å². The lowest BCUT2D eigenvalue weighted by Gasteiger charge is -2.19. The molecule has 0 spiro atoms. The molecule has 0 heterocycles. The van der Waals surface area contributed by atoms with E-state index in [0.29, 0.717) is 32.9 Å². The van der Waals surface area contributed by atoms with Crippen LogP contribution in [0.25, 0.3) is 0 Å². The fourth-order valence-corrected chi connectivity index (χ4v) is 3.62. The number of carbonyl (C=O) groups excluding carboxylic acids is 4. The van der Waals surface area contributed by atoms with E-state index >= 15 is 0 Å². The molecule has 23 heteroatoms. The Bertz CT molecular complexity index is 997. The number of carbonyl (C=O) groups is 4. The van der Waals surface area contributed by atoms with E-state index in [4.69, 9.17) is 35.4 Å². The maximum absolute atomic E-state index is 10.3. The molecule has 0 amide bonds. The van der Waals surface area contributed by atoms with Crippen LogP contribution in [0.3, 0.4) is 0 Å². The molecule has 65 heavy (non-hydrogen) atoms. The summed E-state index contributed by atoms with van der Waals surface area (Å²) in [5.41, 5.74) is 0. The first-order chi connectivity index (χ1) is 30.0. The predicted octanol–water partition coefficient (Wildman–Crippen LogP) is -2.05. The van der Waals surface area contributed by atoms with Gasteiger partial charge in [0.25, 0.3) is 0 Å². The number of rotatable bonds is 25. The highest BCUT2D eigenvalue weighted by molar-refractivity contribution is 5.66. The van der Waals surface area contributed by atoms with Crippen LogP contribution in [0.4, 0.5) is 0 Å². The number of methoxy groups -OCH3 is 4. The highest BCUT2D eigenvalue weighted by Crippen LogP contribution is 1.91. The van der Waals surface area contributed by atoms with E-state index in [0.717, 1.165) is 19.5 Å². The van der Waals surface area contributed by atoms with E-state index in [2.05, 4.69) is 33.2 Å². The van der Waals surface area contributed by atoms with Gasteiger partial charge in [-0.05, 0) is 69.7 Å². The molecule has 0 fully saturated rings. The summed E-state index contributed by atoms with van der Waals surface area (Å²) >= 11 is 0. The van der Waals surface area contributed by atoms with Crippen LogP contribution in [0.15, 0.2) is 0 Å². The summed E-state index contributed by atoms with van der Waals surface area (Å²) in [6, 6.07) is 0. The molecule has 0 aliphatic heterocycles. The second kappa shape index (κ2) is 55.6. The lowest BCUT2D eigenvalue weighted by atomic mass is 10.3. The molecule has 0 aliphatic rings. The molecule has 0 aromatic heterocycles. The van der Waals surface area contributed by atoms with Gasteiger partial charge in [0.2, 0.25) is 0 Å². The summed E-state index contributed by atoms with van der Waals surface area (Å²) < 4.78 is 36.6. The molecule has 0 saturated carbocycles. The van der Waals surface area contributed by atoms with Gasteiger partial charge in [0.05, 0.1) is 44.7 Å². The highest BCUT2D eigenvalue weighted by atomic mass is 16.6. The van der Waals surface area contributed by atoms with Gasteiger partial charge in [-0.15, -0.1) is 0 Å². The number of nitrogens with zero attached hydrogens (tertiary/aromatic N) is 4. The summed E-state index contributed by atoms with van der Waals surface area (Å²) in [5, 5.41) is 62.6. The molecule has 0 saturated heterocycles. The molecule has 23 nitrogen and oxygen atoms in total. The molecule has 0 aliphatic carbocycles. The van der Waals surface area contributed by atoms with E-state index in [9.17, 15) is 24.3 Å². The molecule has 0 bridgehead atoms. The summed E-state index contributed by atoms with van der Waals surface area (Å²) in [5.74, 6) is -1.70. The number of aliphatic hydroxyl groups is 7. The number of ether oxygens (including phenoxy) is 8. The molecular formula is C42H94N4O19. The third-order valence-electron chi connectivity index (χ3n) is 6.25.